The molecule has 4 heteroatoms. The minimum absolute atomic E-state index is 0.637. The van der Waals surface area contributed by atoms with E-state index in [1.807, 2.05) is 37.4 Å². The number of nitrogens with one attached hydrogen (secondary N) is 1. The van der Waals surface area contributed by atoms with Gasteiger partial charge in [-0.1, -0.05) is 22.0 Å². The minimum Gasteiger partial charge on any atom is -0.493 e. The molecular formula is C15H17BrN2O. The highest BCUT2D eigenvalue weighted by molar-refractivity contribution is 9.10. The molecule has 0 aliphatic rings. The average Bonchev–Trinajstić information content (AvgIpc) is 2.44. The maximum absolute atomic E-state index is 5.76. The average molecular weight is 321 g/mol. The van der Waals surface area contributed by atoms with Crippen molar-refractivity contribution in [2.75, 3.05) is 13.7 Å². The van der Waals surface area contributed by atoms with Gasteiger partial charge < -0.3 is 10.1 Å². The topological polar surface area (TPSA) is 34.1 Å². The van der Waals surface area contributed by atoms with Crippen LogP contribution in [0.25, 0.3) is 0 Å². The van der Waals surface area contributed by atoms with E-state index in [0.717, 1.165) is 28.9 Å². The van der Waals surface area contributed by atoms with Gasteiger partial charge in [-0.2, -0.15) is 0 Å². The molecule has 1 aromatic carbocycles. The van der Waals surface area contributed by atoms with Crippen molar-refractivity contribution < 1.29 is 4.74 Å². The first kappa shape index (κ1) is 14.0. The molecule has 1 heterocycles. The van der Waals surface area contributed by atoms with E-state index in [4.69, 9.17) is 4.74 Å². The van der Waals surface area contributed by atoms with Crippen molar-refractivity contribution in [3.63, 3.8) is 0 Å². The summed E-state index contributed by atoms with van der Waals surface area (Å²) in [7, 11) is 1.93. The van der Waals surface area contributed by atoms with Gasteiger partial charge in [-0.25, -0.2) is 0 Å². The SMILES string of the molecule is CNCc1cc(OCCc2ccccn2)ccc1Br. The van der Waals surface area contributed by atoms with Crippen LogP contribution in [0.5, 0.6) is 5.75 Å². The fraction of sp³-hybridized carbons (Fsp3) is 0.267. The Morgan fingerprint density at radius 1 is 1.26 bits per heavy atom. The molecule has 0 aliphatic carbocycles. The highest BCUT2D eigenvalue weighted by Crippen LogP contribution is 2.22. The van der Waals surface area contributed by atoms with Gasteiger partial charge >= 0.3 is 0 Å². The molecule has 19 heavy (non-hydrogen) atoms. The lowest BCUT2D eigenvalue weighted by molar-refractivity contribution is 0.320. The molecular weight excluding hydrogens is 304 g/mol. The van der Waals surface area contributed by atoms with Crippen LogP contribution in [-0.4, -0.2) is 18.6 Å². The third-order valence-corrected chi connectivity index (χ3v) is 3.51. The molecule has 0 saturated carbocycles. The Labute approximate surface area is 122 Å². The van der Waals surface area contributed by atoms with E-state index in [1.165, 1.54) is 5.56 Å². The van der Waals surface area contributed by atoms with Crippen molar-refractivity contribution in [1.29, 1.82) is 0 Å². The van der Waals surface area contributed by atoms with Crippen LogP contribution in [0.15, 0.2) is 47.1 Å². The first-order valence-corrected chi connectivity index (χ1v) is 7.04. The van der Waals surface area contributed by atoms with Crippen LogP contribution in [0, 0.1) is 0 Å². The second kappa shape index (κ2) is 7.26. The Kier molecular flexibility index (Phi) is 5.36. The third kappa shape index (κ3) is 4.33. The lowest BCUT2D eigenvalue weighted by atomic mass is 10.2. The van der Waals surface area contributed by atoms with Crippen molar-refractivity contribution in [2.24, 2.45) is 0 Å². The summed E-state index contributed by atoms with van der Waals surface area (Å²) in [5.74, 6) is 0.893. The van der Waals surface area contributed by atoms with Crippen LogP contribution >= 0.6 is 15.9 Å². The van der Waals surface area contributed by atoms with E-state index >= 15 is 0 Å². The molecule has 0 aliphatic heterocycles. The zero-order valence-electron chi connectivity index (χ0n) is 10.9. The lowest BCUT2D eigenvalue weighted by Crippen LogP contribution is -2.07. The normalized spacial score (nSPS) is 10.4. The molecule has 0 spiro atoms. The second-order valence-electron chi connectivity index (χ2n) is 4.20. The Morgan fingerprint density at radius 3 is 2.89 bits per heavy atom. The number of aromatic nitrogens is 1. The highest BCUT2D eigenvalue weighted by atomic mass is 79.9. The highest BCUT2D eigenvalue weighted by Gasteiger charge is 2.02. The summed E-state index contributed by atoms with van der Waals surface area (Å²) in [6, 6.07) is 12.0. The summed E-state index contributed by atoms with van der Waals surface area (Å²) in [6.45, 7) is 1.45. The van der Waals surface area contributed by atoms with Gasteiger partial charge in [0.15, 0.2) is 0 Å². The maximum Gasteiger partial charge on any atom is 0.119 e. The lowest BCUT2D eigenvalue weighted by Gasteiger charge is -2.09. The molecule has 0 atom stereocenters. The van der Waals surface area contributed by atoms with E-state index in [0.29, 0.717) is 6.61 Å². The molecule has 0 saturated heterocycles. The molecule has 0 unspecified atom stereocenters. The van der Waals surface area contributed by atoms with Crippen molar-refractivity contribution in [2.45, 2.75) is 13.0 Å². The molecule has 0 fully saturated rings. The molecule has 1 N–H and O–H groups in total. The van der Waals surface area contributed by atoms with E-state index in [9.17, 15) is 0 Å². The number of ether oxygens (including phenoxy) is 1. The third-order valence-electron chi connectivity index (χ3n) is 2.74. The van der Waals surface area contributed by atoms with Crippen molar-refractivity contribution in [3.8, 4) is 5.75 Å². The second-order valence-corrected chi connectivity index (χ2v) is 5.06. The number of nitrogens with zero attached hydrogens (tertiary/aromatic N) is 1. The van der Waals surface area contributed by atoms with Gasteiger partial charge in [0, 0.05) is 29.3 Å². The number of hydrogen-bond donors (Lipinski definition) is 1. The summed E-state index contributed by atoms with van der Waals surface area (Å²) in [6.07, 6.45) is 2.62. The standard InChI is InChI=1S/C15H17BrN2O/c1-17-11-12-10-14(5-6-15(12)16)19-9-7-13-4-2-3-8-18-13/h2-6,8,10,17H,7,9,11H2,1H3. The first-order chi connectivity index (χ1) is 9.29. The van der Waals surface area contributed by atoms with Crippen LogP contribution in [0.2, 0.25) is 0 Å². The van der Waals surface area contributed by atoms with Crippen molar-refractivity contribution in [3.05, 3.63) is 58.3 Å². The molecule has 2 rings (SSSR count). The number of halogens is 1. The van der Waals surface area contributed by atoms with Crippen LogP contribution < -0.4 is 10.1 Å². The van der Waals surface area contributed by atoms with Crippen LogP contribution in [0.3, 0.4) is 0 Å². The molecule has 3 nitrogen and oxygen atoms in total. The van der Waals surface area contributed by atoms with E-state index in [-0.39, 0.29) is 0 Å². The van der Waals surface area contributed by atoms with Gasteiger partial charge in [0.2, 0.25) is 0 Å². The summed E-state index contributed by atoms with van der Waals surface area (Å²) in [5, 5.41) is 3.14. The predicted octanol–water partition coefficient (Wildman–Crippen LogP) is 3.19. The van der Waals surface area contributed by atoms with Gasteiger partial charge in [-0.15, -0.1) is 0 Å². The monoisotopic (exact) mass is 320 g/mol. The van der Waals surface area contributed by atoms with Gasteiger partial charge in [0.25, 0.3) is 0 Å². The van der Waals surface area contributed by atoms with E-state index < -0.39 is 0 Å². The summed E-state index contributed by atoms with van der Waals surface area (Å²) in [5.41, 5.74) is 2.24. The van der Waals surface area contributed by atoms with E-state index in [2.05, 4.69) is 32.3 Å². The molecule has 0 radical (unpaired) electrons. The van der Waals surface area contributed by atoms with Crippen molar-refractivity contribution >= 4 is 15.9 Å². The predicted molar refractivity (Wildman–Crippen MR) is 80.3 cm³/mol. The Balaban J connectivity index is 1.91. The molecule has 0 bridgehead atoms. The zero-order chi connectivity index (χ0) is 13.5. The Morgan fingerprint density at radius 2 is 2.16 bits per heavy atom. The zero-order valence-corrected chi connectivity index (χ0v) is 12.5. The Hall–Kier alpha value is -1.39. The van der Waals surface area contributed by atoms with E-state index in [1.54, 1.807) is 6.20 Å². The summed E-state index contributed by atoms with van der Waals surface area (Å²) >= 11 is 3.53. The smallest absolute Gasteiger partial charge is 0.119 e. The minimum atomic E-state index is 0.637. The van der Waals surface area contributed by atoms with Crippen LogP contribution in [0.1, 0.15) is 11.3 Å². The molecule has 2 aromatic rings. The first-order valence-electron chi connectivity index (χ1n) is 6.25. The van der Waals surface area contributed by atoms with Gasteiger partial charge in [0.1, 0.15) is 5.75 Å². The summed E-state index contributed by atoms with van der Waals surface area (Å²) < 4.78 is 6.86. The quantitative estimate of drug-likeness (QED) is 0.887. The molecule has 100 valence electrons. The fourth-order valence-corrected chi connectivity index (χ4v) is 2.17. The van der Waals surface area contributed by atoms with Crippen LogP contribution in [0.4, 0.5) is 0 Å². The molecule has 0 amide bonds. The maximum atomic E-state index is 5.76. The van der Waals surface area contributed by atoms with Crippen molar-refractivity contribution in [1.82, 2.24) is 10.3 Å². The van der Waals surface area contributed by atoms with Crippen LogP contribution in [-0.2, 0) is 13.0 Å². The molecule has 1 aromatic heterocycles. The number of hydrogen-bond acceptors (Lipinski definition) is 3. The number of benzene rings is 1. The Bertz CT molecular complexity index is 517. The largest absolute Gasteiger partial charge is 0.493 e. The van der Waals surface area contributed by atoms with Gasteiger partial charge in [-0.3, -0.25) is 4.98 Å². The van der Waals surface area contributed by atoms with Gasteiger partial charge in [-0.05, 0) is 42.9 Å². The van der Waals surface area contributed by atoms with Gasteiger partial charge in [0.05, 0.1) is 6.61 Å². The number of rotatable bonds is 6. The summed E-state index contributed by atoms with van der Waals surface area (Å²) in [4.78, 5) is 4.27. The fourth-order valence-electron chi connectivity index (χ4n) is 1.79. The number of pyridine rings is 1.